The molecule has 0 bridgehead atoms. The Morgan fingerprint density at radius 2 is 1.01 bits per heavy atom. The third-order valence-electron chi connectivity index (χ3n) is 23.7. The number of phenolic OH excluding ortho intramolecular Hbond substituents is 2. The Balaban J connectivity index is 1.13. The molecule has 132 heavy (non-hydrogen) atoms. The van der Waals surface area contributed by atoms with Crippen molar-refractivity contribution in [2.75, 3.05) is 59.3 Å². The number of nitrogens with zero attached hydrogens (tertiary/aromatic N) is 5. The van der Waals surface area contributed by atoms with Gasteiger partial charge in [-0.15, -0.1) is 11.8 Å². The molecule has 15 N–H and O–H groups in total. The van der Waals surface area contributed by atoms with Gasteiger partial charge in [0.05, 0.1) is 24.3 Å². The summed E-state index contributed by atoms with van der Waals surface area (Å²) in [6, 6.07) is 28.5. The summed E-state index contributed by atoms with van der Waals surface area (Å²) in [5.41, 5.74) is 7.00. The van der Waals surface area contributed by atoms with E-state index in [2.05, 4.69) is 61.7 Å². The van der Waals surface area contributed by atoms with Crippen molar-refractivity contribution in [3.8, 4) is 11.5 Å². The summed E-state index contributed by atoms with van der Waals surface area (Å²) in [6.07, 6.45) is 1.07. The number of rotatable bonds is 23. The lowest BCUT2D eigenvalue weighted by molar-refractivity contribution is -0.151. The predicted molar refractivity (Wildman–Crippen MR) is 501 cm³/mol. The molecule has 34 nitrogen and oxygen atoms in total. The molecule has 0 spiro atoms. The van der Waals surface area contributed by atoms with Gasteiger partial charge in [-0.25, -0.2) is 0 Å². The number of phenols is 2. The largest absolute Gasteiger partial charge is 0.508 e. The molecule has 0 radical (unpaired) electrons. The van der Waals surface area contributed by atoms with E-state index in [1.54, 1.807) is 149 Å². The lowest BCUT2D eigenvalue weighted by atomic mass is 9.94. The van der Waals surface area contributed by atoms with Gasteiger partial charge in [-0.2, -0.15) is 0 Å². The van der Waals surface area contributed by atoms with Crippen molar-refractivity contribution < 1.29 is 87.2 Å². The number of aromatic hydroxyl groups is 2. The van der Waals surface area contributed by atoms with E-state index >= 15 is 47.9 Å². The Kier molecular flexibility index (Phi) is 37.9. The summed E-state index contributed by atoms with van der Waals surface area (Å²) in [5.74, 6) is -14.9. The summed E-state index contributed by atoms with van der Waals surface area (Å²) in [7, 11) is 8.52. The number of unbranched alkanes of at least 4 members (excludes halogenated alkanes) is 1. The van der Waals surface area contributed by atoms with Gasteiger partial charge in [0.15, 0.2) is 0 Å². The summed E-state index contributed by atoms with van der Waals surface area (Å²) >= 11 is 0.844. The molecular formula is C96H123N16O18PS. The lowest BCUT2D eigenvalue weighted by Crippen LogP contribution is -2.64. The van der Waals surface area contributed by atoms with Crippen molar-refractivity contribution >= 4 is 126 Å². The van der Waals surface area contributed by atoms with E-state index in [1.165, 1.54) is 98.3 Å². The van der Waals surface area contributed by atoms with Crippen molar-refractivity contribution in [2.24, 2.45) is 17.6 Å². The zero-order chi connectivity index (χ0) is 96.2. The van der Waals surface area contributed by atoms with Crippen LogP contribution in [0, 0.1) is 11.8 Å². The molecule has 2 aliphatic heterocycles. The van der Waals surface area contributed by atoms with Crippen molar-refractivity contribution in [3.63, 3.8) is 0 Å². The maximum absolute atomic E-state index is 16.0. The minimum absolute atomic E-state index is 0.0101. The highest BCUT2D eigenvalue weighted by atomic mass is 32.2. The van der Waals surface area contributed by atoms with Gasteiger partial charge in [-0.3, -0.25) is 71.9 Å². The van der Waals surface area contributed by atoms with Gasteiger partial charge in [0.2, 0.25) is 88.6 Å². The van der Waals surface area contributed by atoms with E-state index in [4.69, 9.17) is 5.73 Å². The first kappa shape index (κ1) is 103. The number of benzene rings is 6. The van der Waals surface area contributed by atoms with Crippen molar-refractivity contribution in [1.29, 1.82) is 0 Å². The van der Waals surface area contributed by atoms with Crippen LogP contribution in [0.5, 0.6) is 11.5 Å². The van der Waals surface area contributed by atoms with Crippen molar-refractivity contribution in [3.05, 3.63) is 203 Å². The van der Waals surface area contributed by atoms with Crippen LogP contribution in [-0.2, 0) is 110 Å². The SMILES string of the molecule is CCCC[C@H]1C(=O)N(C)CC(=O)N[C@@H](CC(O)=P)C(=O)N[C@@H](C(C)C)C(=O)N(C)[C@@H](Cc2ccccc2)C(=O)N[C@@H](Cc2ccc(O)cc2)C(=O)N2CCC[C@]2(C)C(=O)N[C@@H](Cc2c[nH]c3ccccc23)C(=O)N[C@@H](Cc2ccc(O)cc2)C(=O)N[C@@H](CC(C)C)C(=O)N[C@H](C(=O)NCC(N)=O)CSCC(=O)N[C@@H](Cc2ccccc2)C(=O)N(C)[C@@H](Cc2ccccc2)C(=O)N1C. The highest BCUT2D eigenvalue weighted by Crippen LogP contribution is 2.33. The monoisotopic (exact) mass is 1850 g/mol. The van der Waals surface area contributed by atoms with Crippen LogP contribution >= 0.6 is 20.6 Å². The fourth-order valence-corrected chi connectivity index (χ4v) is 17.3. The first-order valence-corrected chi connectivity index (χ1v) is 45.9. The Labute approximate surface area is 774 Å². The zero-order valence-electron chi connectivity index (χ0n) is 76.1. The highest BCUT2D eigenvalue weighted by Gasteiger charge is 2.50. The summed E-state index contributed by atoms with van der Waals surface area (Å²) in [6.45, 7) is 8.69. The van der Waals surface area contributed by atoms with Crippen LogP contribution in [0.2, 0.25) is 0 Å². The number of carbonyl (C=O) groups excluding carboxylic acids is 15. The molecule has 0 unspecified atom stereocenters. The van der Waals surface area contributed by atoms with Gasteiger partial charge < -0.3 is 98.4 Å². The van der Waals surface area contributed by atoms with E-state index in [0.717, 1.165) is 21.6 Å². The van der Waals surface area contributed by atoms with Crippen LogP contribution < -0.4 is 53.6 Å². The molecule has 36 heteroatoms. The normalized spacial score (nSPS) is 23.2. The molecule has 9 rings (SSSR count). The number of fused-ring (bicyclic) bond motifs is 2. The minimum atomic E-state index is -1.81. The number of primary amides is 1. The average molecular weight is 1850 g/mol. The molecule has 2 aliphatic rings. The number of aliphatic hydroxyl groups is 1. The predicted octanol–water partition coefficient (Wildman–Crippen LogP) is 3.81. The molecule has 3 heterocycles. The smallest absolute Gasteiger partial charge is 0.246 e. The number of aromatic nitrogens is 1. The van der Waals surface area contributed by atoms with E-state index in [1.807, 2.05) is 6.92 Å². The van der Waals surface area contributed by atoms with Gasteiger partial charge in [-0.1, -0.05) is 190 Å². The number of amides is 15. The fraction of sp³-hybridized carbons (Fsp3) is 0.438. The van der Waals surface area contributed by atoms with Crippen molar-refractivity contribution in [2.45, 2.75) is 197 Å². The summed E-state index contributed by atoms with van der Waals surface area (Å²) in [4.78, 5) is 235. The number of aliphatic hydroxyl groups excluding tert-OH is 1. The first-order chi connectivity index (χ1) is 62.8. The molecule has 706 valence electrons. The summed E-state index contributed by atoms with van der Waals surface area (Å²) < 4.78 is 0. The average Bonchev–Trinajstić information content (AvgIpc) is 1.61. The molecule has 12 atom stereocenters. The number of para-hydroxylation sites is 1. The maximum atomic E-state index is 16.0. The van der Waals surface area contributed by atoms with Crippen molar-refractivity contribution in [1.82, 2.24) is 77.3 Å². The van der Waals surface area contributed by atoms with Crippen LogP contribution in [0.25, 0.3) is 10.9 Å². The second kappa shape index (κ2) is 48.8. The van der Waals surface area contributed by atoms with Crippen LogP contribution in [0.4, 0.5) is 0 Å². The van der Waals surface area contributed by atoms with E-state index < -0.39 is 197 Å². The number of hydrogen-bond donors (Lipinski definition) is 14. The number of carbonyl (C=O) groups is 15. The number of nitrogens with one attached hydrogen (secondary N) is 10. The Bertz CT molecular complexity index is 5230. The number of aromatic amines is 1. The molecule has 2 fully saturated rings. The molecule has 6 aromatic carbocycles. The van der Waals surface area contributed by atoms with E-state index in [0.29, 0.717) is 57.1 Å². The molecule has 0 saturated carbocycles. The standard InChI is InChI=1S/C96H123N16O18PS/c1-11-12-33-76-92(127)108(7)54-80(116)100-72(51-82(118)131)88(123)107-83(58(4)5)94(129)110(9)77(48-60-27-18-14-19-28-60)89(124)104-74(47-63-36-40-66(114)41-37-63)91(126)112-43-24-42-96(112,6)95(130)106-71(50-64-52-98-68-32-23-22-31-67(64)68)87(122)103-70(45-62-34-38-65(113)39-35-62)86(121)102-69(44-57(2)3)85(120)105-75(84(119)99-53-79(97)115)55-132-56-81(117)101-73(46-59-25-16-13-17-26-59)90(125)111(10)78(93(128)109(76)8)49-61-29-20-15-21-30-61/h13-23,25-32,34-41,52,57-58,69-78,83,98,113-114,118,131H,11-12,24,33,42-51,53-56H2,1-10H3,(H2,97,115)(H,99,119)(H,100,116)(H,101,117)(H,102,121)(H,103,122)(H,104,124)(H,105,120)(H,106,130)(H,107,123)/t69-,70-,71-,72-,73-,74-,75-,76-,77-,78-,83-,96+/m0/s1. The van der Waals surface area contributed by atoms with Gasteiger partial charge in [0.25, 0.3) is 0 Å². The Hall–Kier alpha value is -13.0. The number of likely N-dealkylation sites (N-methyl/N-ethyl adjacent to an activating group) is 4. The lowest BCUT2D eigenvalue weighted by Gasteiger charge is -2.38. The van der Waals surface area contributed by atoms with Crippen LogP contribution in [0.15, 0.2) is 170 Å². The second-order valence-corrected chi connectivity index (χ2v) is 36.3. The third kappa shape index (κ3) is 29.0. The highest BCUT2D eigenvalue weighted by molar-refractivity contribution is 8.00. The number of hydrogen-bond acceptors (Lipinski definition) is 18. The maximum Gasteiger partial charge on any atom is 0.246 e. The Morgan fingerprint density at radius 3 is 1.57 bits per heavy atom. The molecule has 7 aromatic rings. The second-order valence-electron chi connectivity index (χ2n) is 34.7. The van der Waals surface area contributed by atoms with Crippen LogP contribution in [0.3, 0.4) is 0 Å². The molecular weight excluding hydrogens is 1730 g/mol. The first-order valence-electron chi connectivity index (χ1n) is 44.2. The van der Waals surface area contributed by atoms with Crippen LogP contribution in [-0.4, -0.2) is 270 Å². The topological polar surface area (TPSA) is 483 Å². The Morgan fingerprint density at radius 1 is 0.523 bits per heavy atom. The molecule has 1 aromatic heterocycles. The quantitative estimate of drug-likeness (QED) is 0.0405. The fourth-order valence-electron chi connectivity index (χ4n) is 16.2. The number of nitrogens with two attached hydrogens (primary N) is 1. The van der Waals surface area contributed by atoms with Gasteiger partial charge in [0.1, 0.15) is 83.5 Å². The zero-order valence-corrected chi connectivity index (χ0v) is 77.9. The summed E-state index contributed by atoms with van der Waals surface area (Å²) in [5, 5.41) is 57.2. The van der Waals surface area contributed by atoms with Gasteiger partial charge in [-0.05, 0) is 108 Å². The molecule has 2 saturated heterocycles. The van der Waals surface area contributed by atoms with E-state index in [9.17, 15) is 39.3 Å². The molecule has 15 amide bonds. The van der Waals surface area contributed by atoms with Gasteiger partial charge >= 0.3 is 0 Å². The number of H-pyrrole nitrogens is 1. The minimum Gasteiger partial charge on any atom is -0.508 e. The van der Waals surface area contributed by atoms with Crippen LogP contribution in [0.1, 0.15) is 120 Å². The van der Waals surface area contributed by atoms with E-state index in [-0.39, 0.29) is 93.9 Å². The van der Waals surface area contributed by atoms with Gasteiger partial charge in [0, 0.05) is 103 Å². The molecule has 0 aliphatic carbocycles. The third-order valence-corrected chi connectivity index (χ3v) is 24.9. The number of thioether (sulfide) groups is 1.